The van der Waals surface area contributed by atoms with Gasteiger partial charge in [-0.05, 0) is 43.2 Å². The van der Waals surface area contributed by atoms with Crippen LogP contribution in [0.3, 0.4) is 0 Å². The predicted octanol–water partition coefficient (Wildman–Crippen LogP) is 3.93. The Hall–Kier alpha value is -2.89. The van der Waals surface area contributed by atoms with Crippen molar-refractivity contribution < 1.29 is 23.9 Å². The van der Waals surface area contributed by atoms with Crippen molar-refractivity contribution in [3.8, 4) is 0 Å². The first-order valence-electron chi connectivity index (χ1n) is 13.8. The maximum Gasteiger partial charge on any atom is 0.269 e. The van der Waals surface area contributed by atoms with E-state index in [1.807, 2.05) is 19.9 Å². The third kappa shape index (κ3) is 7.05. The van der Waals surface area contributed by atoms with E-state index in [-0.39, 0.29) is 18.8 Å². The fraction of sp³-hybridized carbons (Fsp3) is 0.500. The molecule has 1 unspecified atom stereocenters. The molecule has 1 aliphatic heterocycles. The Kier molecular flexibility index (Phi) is 10.4. The van der Waals surface area contributed by atoms with E-state index in [1.54, 1.807) is 55.5 Å². The fourth-order valence-electron chi connectivity index (χ4n) is 4.52. The van der Waals surface area contributed by atoms with Gasteiger partial charge in [-0.25, -0.2) is 0 Å². The number of likely N-dealkylation sites (N-methyl/N-ethyl adjacent to an activating group) is 1. The lowest BCUT2D eigenvalue weighted by Gasteiger charge is -2.32. The normalized spacial score (nSPS) is 19.4. The predicted molar refractivity (Wildman–Crippen MR) is 162 cm³/mol. The number of nitrogens with one attached hydrogen (secondary N) is 1. The Balaban J connectivity index is 1.80. The molecular weight excluding hydrogens is 524 g/mol. The summed E-state index contributed by atoms with van der Waals surface area (Å²) in [4.78, 5) is 44.4. The highest BCUT2D eigenvalue weighted by atomic mass is 28.3. The smallest absolute Gasteiger partial charge is 0.269 e. The van der Waals surface area contributed by atoms with Crippen LogP contribution in [-0.4, -0.2) is 70.3 Å². The molecule has 3 rings (SSSR count). The van der Waals surface area contributed by atoms with Gasteiger partial charge in [0.15, 0.2) is 5.78 Å². The number of ether oxygens (including phenoxy) is 2. The number of ketones is 1. The zero-order valence-electron chi connectivity index (χ0n) is 24.8. The molecule has 218 valence electrons. The quantitative estimate of drug-likeness (QED) is 0.163. The van der Waals surface area contributed by atoms with Crippen LogP contribution in [0.2, 0.25) is 25.7 Å². The van der Waals surface area contributed by atoms with Crippen LogP contribution in [0.5, 0.6) is 0 Å². The lowest BCUT2D eigenvalue weighted by molar-refractivity contribution is -0.142. The molecule has 0 saturated heterocycles. The zero-order chi connectivity index (χ0) is 29.7. The number of carbonyl (C=O) groups is 3. The number of fused-ring (bicyclic) bond motifs is 1. The molecule has 2 aromatic rings. The minimum absolute atomic E-state index is 0.137. The Morgan fingerprint density at radius 2 is 1.57 bits per heavy atom. The summed E-state index contributed by atoms with van der Waals surface area (Å²) in [6, 6.07) is 16.0. The second-order valence-electron chi connectivity index (χ2n) is 11.9. The fourth-order valence-corrected chi connectivity index (χ4v) is 5.28. The van der Waals surface area contributed by atoms with Crippen molar-refractivity contribution in [1.29, 1.82) is 0 Å². The largest absolute Gasteiger partial charge is 0.356 e. The number of benzene rings is 2. The second-order valence-corrected chi connectivity index (χ2v) is 17.5. The van der Waals surface area contributed by atoms with E-state index in [0.717, 1.165) is 6.04 Å². The van der Waals surface area contributed by atoms with E-state index in [4.69, 9.17) is 15.2 Å². The Bertz CT molecular complexity index is 1190. The maximum atomic E-state index is 14.1. The van der Waals surface area contributed by atoms with Crippen molar-refractivity contribution in [2.24, 2.45) is 11.7 Å². The molecule has 0 aliphatic carbocycles. The average Bonchev–Trinajstić information content (AvgIpc) is 2.98. The number of nitrogens with two attached hydrogens (primary N) is 1. The molecule has 0 fully saturated rings. The van der Waals surface area contributed by atoms with Crippen LogP contribution in [0.25, 0.3) is 0 Å². The van der Waals surface area contributed by atoms with Crippen molar-refractivity contribution >= 4 is 42.7 Å². The van der Waals surface area contributed by atoms with Crippen LogP contribution < -0.4 is 20.9 Å². The first-order valence-corrected chi connectivity index (χ1v) is 17.5. The lowest BCUT2D eigenvalue weighted by atomic mass is 9.87. The number of anilines is 3. The molecule has 0 radical (unpaired) electrons. The summed E-state index contributed by atoms with van der Waals surface area (Å²) < 4.78 is 11.6. The van der Waals surface area contributed by atoms with E-state index in [0.29, 0.717) is 30.2 Å². The molecule has 2 aromatic carbocycles. The SMILES string of the molecule is CC(C)[C@@H](CN[C@@H](C)C(=O)C1(N)C(=O)N(C)c2ccccc2N(c2ccccc2)C1=O)OCOCC[Si](C)(C)C. The maximum absolute atomic E-state index is 14.1. The molecule has 0 saturated carbocycles. The van der Waals surface area contributed by atoms with Gasteiger partial charge >= 0.3 is 0 Å². The van der Waals surface area contributed by atoms with Crippen LogP contribution in [-0.2, 0) is 23.9 Å². The molecule has 40 heavy (non-hydrogen) atoms. The summed E-state index contributed by atoms with van der Waals surface area (Å²) in [7, 11) is 0.334. The lowest BCUT2D eigenvalue weighted by Crippen LogP contribution is -2.70. The average molecular weight is 569 g/mol. The summed E-state index contributed by atoms with van der Waals surface area (Å²) in [6.45, 7) is 13.7. The molecule has 1 aliphatic rings. The first kappa shape index (κ1) is 31.6. The van der Waals surface area contributed by atoms with Gasteiger partial charge in [-0.3, -0.25) is 19.3 Å². The van der Waals surface area contributed by atoms with Gasteiger partial charge in [-0.15, -0.1) is 0 Å². The first-order chi connectivity index (χ1) is 18.8. The molecule has 0 spiro atoms. The number of Topliss-reactive ketones (excluding diaryl/α,β-unsaturated/α-hetero) is 1. The molecule has 3 atom stereocenters. The van der Waals surface area contributed by atoms with Gasteiger partial charge in [0, 0.05) is 34.0 Å². The molecule has 0 aromatic heterocycles. The Labute approximate surface area is 239 Å². The number of rotatable bonds is 13. The highest BCUT2D eigenvalue weighted by molar-refractivity contribution is 6.76. The number of hydrogen-bond acceptors (Lipinski definition) is 7. The van der Waals surface area contributed by atoms with E-state index < -0.39 is 37.3 Å². The third-order valence-electron chi connectivity index (χ3n) is 7.19. The summed E-state index contributed by atoms with van der Waals surface area (Å²) in [5.41, 5.74) is 5.60. The van der Waals surface area contributed by atoms with Crippen LogP contribution >= 0.6 is 0 Å². The molecule has 0 bridgehead atoms. The van der Waals surface area contributed by atoms with E-state index >= 15 is 0 Å². The van der Waals surface area contributed by atoms with E-state index in [2.05, 4.69) is 25.0 Å². The number of carbonyl (C=O) groups excluding carboxylic acids is 3. The molecule has 9 nitrogen and oxygen atoms in total. The number of amides is 2. The van der Waals surface area contributed by atoms with Crippen LogP contribution in [0.1, 0.15) is 20.8 Å². The Morgan fingerprint density at radius 3 is 2.17 bits per heavy atom. The molecule has 1 heterocycles. The van der Waals surface area contributed by atoms with Crippen molar-refractivity contribution in [3.05, 3.63) is 54.6 Å². The zero-order valence-corrected chi connectivity index (χ0v) is 25.8. The van der Waals surface area contributed by atoms with Gasteiger partial charge in [-0.1, -0.05) is 63.8 Å². The van der Waals surface area contributed by atoms with Gasteiger partial charge in [-0.2, -0.15) is 0 Å². The van der Waals surface area contributed by atoms with Gasteiger partial charge in [0.25, 0.3) is 11.8 Å². The van der Waals surface area contributed by atoms with E-state index in [9.17, 15) is 14.4 Å². The van der Waals surface area contributed by atoms with Gasteiger partial charge in [0.2, 0.25) is 5.54 Å². The number of hydrogen-bond donors (Lipinski definition) is 2. The molecule has 3 N–H and O–H groups in total. The number of nitrogens with zero attached hydrogens (tertiary/aromatic N) is 2. The highest BCUT2D eigenvalue weighted by Crippen LogP contribution is 2.39. The minimum atomic E-state index is -2.44. The van der Waals surface area contributed by atoms with Crippen molar-refractivity contribution in [2.75, 3.05) is 36.8 Å². The standard InChI is InChI=1S/C30H44N4O5Si/c1-21(2)26(39-20-38-17-18-40(5,6)7)19-32-22(3)27(35)30(31)28(36)33(4)24-15-11-12-16-25(24)34(29(30)37)23-13-9-8-10-14-23/h8-16,21-22,26,32H,17-20,31H2,1-7H3/t22-,26+,30?/m0/s1. The van der Waals surface area contributed by atoms with E-state index in [1.165, 1.54) is 16.8 Å². The topological polar surface area (TPSA) is 114 Å². The van der Waals surface area contributed by atoms with Crippen LogP contribution in [0.4, 0.5) is 17.1 Å². The van der Waals surface area contributed by atoms with Crippen LogP contribution in [0.15, 0.2) is 54.6 Å². The molecule has 2 amide bonds. The minimum Gasteiger partial charge on any atom is -0.356 e. The van der Waals surface area contributed by atoms with Crippen molar-refractivity contribution in [3.63, 3.8) is 0 Å². The highest BCUT2D eigenvalue weighted by Gasteiger charge is 2.56. The molecular formula is C30H44N4O5Si. The summed E-state index contributed by atoms with van der Waals surface area (Å²) in [5, 5.41) is 3.16. The third-order valence-corrected chi connectivity index (χ3v) is 8.90. The van der Waals surface area contributed by atoms with Gasteiger partial charge in [0.05, 0.1) is 23.5 Å². The summed E-state index contributed by atoms with van der Waals surface area (Å²) in [6.07, 6.45) is -0.246. The summed E-state index contributed by atoms with van der Waals surface area (Å²) >= 11 is 0. The van der Waals surface area contributed by atoms with Crippen molar-refractivity contribution in [1.82, 2.24) is 5.32 Å². The second kappa shape index (κ2) is 13.2. The van der Waals surface area contributed by atoms with Crippen LogP contribution in [0, 0.1) is 5.92 Å². The van der Waals surface area contributed by atoms with Gasteiger partial charge < -0.3 is 25.4 Å². The molecule has 10 heteroatoms. The monoisotopic (exact) mass is 568 g/mol. The van der Waals surface area contributed by atoms with Crippen molar-refractivity contribution in [2.45, 2.75) is 64.1 Å². The number of para-hydroxylation sites is 3. The Morgan fingerprint density at radius 1 is 0.975 bits per heavy atom. The summed E-state index contributed by atoms with van der Waals surface area (Å²) in [5.74, 6) is -2.16. The van der Waals surface area contributed by atoms with Gasteiger partial charge in [0.1, 0.15) is 6.79 Å².